The van der Waals surface area contributed by atoms with Gasteiger partial charge in [-0.3, -0.25) is 9.69 Å². The van der Waals surface area contributed by atoms with E-state index in [1.807, 2.05) is 0 Å². The molecule has 1 heterocycles. The highest BCUT2D eigenvalue weighted by atomic mass is 16.2. The number of rotatable bonds is 7. The quantitative estimate of drug-likeness (QED) is 0.735. The molecular weight excluding hydrogens is 238 g/mol. The topological polar surface area (TPSA) is 44.4 Å². The number of likely N-dealkylation sites (tertiary alicyclic amines) is 1. The van der Waals surface area contributed by atoms with E-state index >= 15 is 0 Å². The lowest BCUT2D eigenvalue weighted by atomic mass is 9.99. The van der Waals surface area contributed by atoms with E-state index in [1.165, 1.54) is 32.1 Å². The molecule has 0 radical (unpaired) electrons. The summed E-state index contributed by atoms with van der Waals surface area (Å²) >= 11 is 0. The van der Waals surface area contributed by atoms with Gasteiger partial charge in [0, 0.05) is 25.2 Å². The third-order valence-corrected chi connectivity index (χ3v) is 4.32. The Morgan fingerprint density at radius 3 is 2.79 bits per heavy atom. The Hall–Kier alpha value is -0.610. The van der Waals surface area contributed by atoms with Crippen LogP contribution in [0.2, 0.25) is 0 Å². The highest BCUT2D eigenvalue weighted by Gasteiger charge is 2.31. The fraction of sp³-hybridized carbons (Fsp3) is 0.933. The number of amides is 1. The Kier molecular flexibility index (Phi) is 5.64. The lowest BCUT2D eigenvalue weighted by molar-refractivity contribution is -0.127. The Bertz CT molecular complexity index is 291. The van der Waals surface area contributed by atoms with Crippen molar-refractivity contribution in [1.82, 2.24) is 15.5 Å². The van der Waals surface area contributed by atoms with Crippen molar-refractivity contribution in [3.63, 3.8) is 0 Å². The second-order valence-electron chi connectivity index (χ2n) is 6.04. The summed E-state index contributed by atoms with van der Waals surface area (Å²) in [5.74, 6) is 0.195. The standard InChI is InChI=1S/C15H29N3O/c1-3-9-16-15(19)12(2)18-10-5-4-6-14(18)11-17-13-7-8-13/h12-14,17H,3-11H2,1-2H3,(H,16,19). The van der Waals surface area contributed by atoms with Crippen LogP contribution < -0.4 is 10.6 Å². The van der Waals surface area contributed by atoms with Gasteiger partial charge < -0.3 is 10.6 Å². The van der Waals surface area contributed by atoms with Gasteiger partial charge in [0.2, 0.25) is 5.91 Å². The predicted octanol–water partition coefficient (Wildman–Crippen LogP) is 1.51. The molecule has 1 aliphatic heterocycles. The van der Waals surface area contributed by atoms with E-state index in [0.29, 0.717) is 6.04 Å². The van der Waals surface area contributed by atoms with Crippen LogP contribution in [0.5, 0.6) is 0 Å². The first-order valence-corrected chi connectivity index (χ1v) is 7.99. The first-order valence-electron chi connectivity index (χ1n) is 7.99. The van der Waals surface area contributed by atoms with Crippen LogP contribution in [0.4, 0.5) is 0 Å². The molecular formula is C15H29N3O. The van der Waals surface area contributed by atoms with Gasteiger partial charge in [-0.2, -0.15) is 0 Å². The van der Waals surface area contributed by atoms with E-state index < -0.39 is 0 Å². The van der Waals surface area contributed by atoms with Gasteiger partial charge in [-0.1, -0.05) is 13.3 Å². The van der Waals surface area contributed by atoms with Crippen LogP contribution in [0.15, 0.2) is 0 Å². The molecule has 110 valence electrons. The van der Waals surface area contributed by atoms with Crippen molar-refractivity contribution in [3.05, 3.63) is 0 Å². The van der Waals surface area contributed by atoms with Crippen molar-refractivity contribution in [1.29, 1.82) is 0 Å². The van der Waals surface area contributed by atoms with Crippen molar-refractivity contribution in [2.75, 3.05) is 19.6 Å². The average Bonchev–Trinajstić information content (AvgIpc) is 3.26. The first kappa shape index (κ1) is 14.8. The molecule has 1 amide bonds. The van der Waals surface area contributed by atoms with Gasteiger partial charge in [0.05, 0.1) is 6.04 Å². The molecule has 0 aromatic rings. The molecule has 2 N–H and O–H groups in total. The maximum atomic E-state index is 12.1. The zero-order valence-electron chi connectivity index (χ0n) is 12.5. The average molecular weight is 267 g/mol. The maximum Gasteiger partial charge on any atom is 0.237 e. The second kappa shape index (κ2) is 7.25. The van der Waals surface area contributed by atoms with Crippen molar-refractivity contribution in [2.24, 2.45) is 0 Å². The Morgan fingerprint density at radius 1 is 1.32 bits per heavy atom. The smallest absolute Gasteiger partial charge is 0.237 e. The highest BCUT2D eigenvalue weighted by molar-refractivity contribution is 5.81. The highest BCUT2D eigenvalue weighted by Crippen LogP contribution is 2.22. The molecule has 2 atom stereocenters. The van der Waals surface area contributed by atoms with Gasteiger partial charge >= 0.3 is 0 Å². The van der Waals surface area contributed by atoms with Gasteiger partial charge in [-0.15, -0.1) is 0 Å². The molecule has 1 aliphatic carbocycles. The maximum absolute atomic E-state index is 12.1. The van der Waals surface area contributed by atoms with Crippen LogP contribution in [-0.4, -0.2) is 48.6 Å². The van der Waals surface area contributed by atoms with Crippen LogP contribution in [-0.2, 0) is 4.79 Å². The molecule has 4 nitrogen and oxygen atoms in total. The Labute approximate surface area is 117 Å². The number of carbonyl (C=O) groups is 1. The molecule has 4 heteroatoms. The summed E-state index contributed by atoms with van der Waals surface area (Å²) in [6, 6.07) is 1.31. The van der Waals surface area contributed by atoms with Crippen LogP contribution in [0.25, 0.3) is 0 Å². The Balaban J connectivity index is 1.83. The molecule has 1 saturated carbocycles. The number of hydrogen-bond donors (Lipinski definition) is 2. The van der Waals surface area contributed by atoms with Crippen molar-refractivity contribution in [2.45, 2.75) is 70.5 Å². The Morgan fingerprint density at radius 2 is 2.11 bits per heavy atom. The van der Waals surface area contributed by atoms with Crippen molar-refractivity contribution >= 4 is 5.91 Å². The van der Waals surface area contributed by atoms with Crippen LogP contribution in [0.3, 0.4) is 0 Å². The fourth-order valence-electron chi connectivity index (χ4n) is 2.89. The minimum absolute atomic E-state index is 0.0119. The third-order valence-electron chi connectivity index (χ3n) is 4.32. The van der Waals surface area contributed by atoms with Crippen molar-refractivity contribution < 1.29 is 4.79 Å². The molecule has 0 aromatic heterocycles. The summed E-state index contributed by atoms with van der Waals surface area (Å²) in [6.07, 6.45) is 7.43. The molecule has 1 saturated heterocycles. The minimum Gasteiger partial charge on any atom is -0.355 e. The molecule has 2 unspecified atom stereocenters. The van der Waals surface area contributed by atoms with E-state index in [0.717, 1.165) is 32.1 Å². The number of nitrogens with one attached hydrogen (secondary N) is 2. The summed E-state index contributed by atoms with van der Waals surface area (Å²) in [7, 11) is 0. The number of piperidine rings is 1. The fourth-order valence-corrected chi connectivity index (χ4v) is 2.89. The molecule has 19 heavy (non-hydrogen) atoms. The second-order valence-corrected chi connectivity index (χ2v) is 6.04. The number of carbonyl (C=O) groups excluding carboxylic acids is 1. The number of nitrogens with zero attached hydrogens (tertiary/aromatic N) is 1. The molecule has 0 aromatic carbocycles. The monoisotopic (exact) mass is 267 g/mol. The van der Waals surface area contributed by atoms with Crippen molar-refractivity contribution in [3.8, 4) is 0 Å². The van der Waals surface area contributed by atoms with Gasteiger partial charge in [-0.05, 0) is 45.6 Å². The van der Waals surface area contributed by atoms with E-state index in [2.05, 4.69) is 29.4 Å². The van der Waals surface area contributed by atoms with E-state index in [-0.39, 0.29) is 11.9 Å². The zero-order chi connectivity index (χ0) is 13.7. The van der Waals surface area contributed by atoms with Gasteiger partial charge in [0.15, 0.2) is 0 Å². The SMILES string of the molecule is CCCNC(=O)C(C)N1CCCCC1CNC1CC1. The molecule has 0 spiro atoms. The predicted molar refractivity (Wildman–Crippen MR) is 78.1 cm³/mol. The van der Waals surface area contributed by atoms with Crippen LogP contribution >= 0.6 is 0 Å². The van der Waals surface area contributed by atoms with E-state index in [9.17, 15) is 4.79 Å². The zero-order valence-corrected chi connectivity index (χ0v) is 12.5. The lowest BCUT2D eigenvalue weighted by Crippen LogP contribution is -2.54. The lowest BCUT2D eigenvalue weighted by Gasteiger charge is -2.39. The molecule has 2 rings (SSSR count). The molecule has 2 aliphatic rings. The van der Waals surface area contributed by atoms with E-state index in [4.69, 9.17) is 0 Å². The van der Waals surface area contributed by atoms with Crippen LogP contribution in [0.1, 0.15) is 52.4 Å². The summed E-state index contributed by atoms with van der Waals surface area (Å²) in [5.41, 5.74) is 0. The summed E-state index contributed by atoms with van der Waals surface area (Å²) < 4.78 is 0. The molecule has 2 fully saturated rings. The normalized spacial score (nSPS) is 26.1. The first-order chi connectivity index (χ1) is 9.22. The van der Waals surface area contributed by atoms with Gasteiger partial charge in [-0.25, -0.2) is 0 Å². The minimum atomic E-state index is 0.0119. The largest absolute Gasteiger partial charge is 0.355 e. The number of hydrogen-bond acceptors (Lipinski definition) is 3. The van der Waals surface area contributed by atoms with Crippen LogP contribution in [0, 0.1) is 0 Å². The summed E-state index contributed by atoms with van der Waals surface area (Å²) in [6.45, 7) is 7.06. The van der Waals surface area contributed by atoms with Gasteiger partial charge in [0.25, 0.3) is 0 Å². The van der Waals surface area contributed by atoms with E-state index in [1.54, 1.807) is 0 Å². The molecule has 0 bridgehead atoms. The third kappa shape index (κ3) is 4.46. The summed E-state index contributed by atoms with van der Waals surface area (Å²) in [4.78, 5) is 14.5. The summed E-state index contributed by atoms with van der Waals surface area (Å²) in [5, 5.41) is 6.65. The van der Waals surface area contributed by atoms with Gasteiger partial charge in [0.1, 0.15) is 0 Å².